The van der Waals surface area contributed by atoms with Crippen molar-refractivity contribution in [1.82, 2.24) is 0 Å². The van der Waals surface area contributed by atoms with Crippen LogP contribution in [0.15, 0.2) is 72.8 Å². The molecule has 1 aliphatic carbocycles. The Hall–Kier alpha value is -6.06. The van der Waals surface area contributed by atoms with E-state index >= 15 is 0 Å². The molecule has 0 aromatic heterocycles. The third-order valence-corrected chi connectivity index (χ3v) is 13.8. The van der Waals surface area contributed by atoms with Crippen LogP contribution in [-0.2, 0) is 14.3 Å². The summed E-state index contributed by atoms with van der Waals surface area (Å²) in [5.41, 5.74) is 2.64. The molecule has 0 amide bonds. The summed E-state index contributed by atoms with van der Waals surface area (Å²) in [6.45, 7) is 21.5. The molecule has 15 nitrogen and oxygen atoms in total. The Balaban J connectivity index is 0.000000161. The van der Waals surface area contributed by atoms with Crippen LogP contribution in [0.1, 0.15) is 137 Å². The number of hydrogen-bond donors (Lipinski definition) is 2. The van der Waals surface area contributed by atoms with Crippen LogP contribution in [0, 0.1) is 23.7 Å². The van der Waals surface area contributed by atoms with Crippen LogP contribution >= 0.6 is 0 Å². The summed E-state index contributed by atoms with van der Waals surface area (Å²) in [5.74, 6) is 7.43. The average Bonchev–Trinajstić information content (AvgIpc) is 4.22. The molecule has 0 bridgehead atoms. The molecule has 2 N–H and O–H groups in total. The number of rotatable bonds is 15. The van der Waals surface area contributed by atoms with Gasteiger partial charge in [0, 0.05) is 26.0 Å². The number of benzene rings is 4. The molecule has 15 heteroatoms. The molecule has 1 fully saturated rings. The summed E-state index contributed by atoms with van der Waals surface area (Å²) in [6, 6.07) is 22.6. The van der Waals surface area contributed by atoms with Gasteiger partial charge in [-0.15, -0.1) is 0 Å². The summed E-state index contributed by atoms with van der Waals surface area (Å²) in [5, 5.41) is 20.1. The van der Waals surface area contributed by atoms with Gasteiger partial charge in [0.15, 0.2) is 46.0 Å². The molecule has 394 valence electrons. The Labute approximate surface area is 425 Å². The first-order chi connectivity index (χ1) is 34.5. The van der Waals surface area contributed by atoms with Crippen LogP contribution in [-0.4, -0.2) is 73.7 Å². The molecule has 4 aliphatic heterocycles. The lowest BCUT2D eigenvalue weighted by Crippen LogP contribution is -2.38. The zero-order valence-electron chi connectivity index (χ0n) is 43.7. The molecule has 72 heavy (non-hydrogen) atoms. The minimum atomic E-state index is -0.872. The van der Waals surface area contributed by atoms with E-state index in [2.05, 4.69) is 65.8 Å². The van der Waals surface area contributed by atoms with Gasteiger partial charge in [0.05, 0.1) is 17.9 Å². The molecule has 4 aromatic carbocycles. The van der Waals surface area contributed by atoms with Crippen molar-refractivity contribution in [2.24, 2.45) is 23.7 Å². The highest BCUT2D eigenvalue weighted by atomic mass is 16.7. The lowest BCUT2D eigenvalue weighted by Gasteiger charge is -2.34. The van der Waals surface area contributed by atoms with Crippen molar-refractivity contribution in [3.05, 3.63) is 83.9 Å². The second kappa shape index (κ2) is 26.1. The van der Waals surface area contributed by atoms with E-state index in [-0.39, 0.29) is 44.7 Å². The standard InChI is InChI=1S/C18H24O5.C15H20O6.C13H18O2.C11H14O2/c1-3-11(2)12-4-6-14(15(19)8-12)18(20)23-13-5-7-16-17(9-13)22-10-21-16;1-3-10(2)15(17)19-8-11(16)7-18-12-4-5-13-14(6-12)21-9-20-13;1-5-9(2)10-6-7-11-12(8-10)15-13(3,4)14-11;1-3-8(2)9-4-5-10-11(6-9)13-7-12-10/h5,7,9,11-12,14-15,19H,3-4,6,8,10H2,1-2H3;4-6,10-11,16H,3,7-9H2,1-2H3;6-9H,5H2,1-4H3;4-6,8H,3,7H2,1-2H3. The van der Waals surface area contributed by atoms with Crippen molar-refractivity contribution in [2.75, 3.05) is 33.6 Å². The molecule has 9 rings (SSSR count). The normalized spacial score (nSPS) is 20.1. The maximum Gasteiger partial charge on any atom is 0.316 e. The van der Waals surface area contributed by atoms with Crippen LogP contribution in [0.4, 0.5) is 0 Å². The van der Waals surface area contributed by atoms with E-state index in [9.17, 15) is 19.8 Å². The van der Waals surface area contributed by atoms with E-state index in [1.54, 1.807) is 43.3 Å². The van der Waals surface area contributed by atoms with E-state index in [0.29, 0.717) is 84.2 Å². The molecule has 5 aliphatic rings. The van der Waals surface area contributed by atoms with E-state index in [4.69, 9.17) is 52.1 Å². The number of aliphatic hydroxyl groups excluding tert-OH is 2. The van der Waals surface area contributed by atoms with Crippen molar-refractivity contribution in [2.45, 2.75) is 144 Å². The average molecular weight is 1000 g/mol. The van der Waals surface area contributed by atoms with Crippen LogP contribution in [0.3, 0.4) is 0 Å². The maximum atomic E-state index is 12.4. The molecular weight excluding hydrogens is 925 g/mol. The number of hydrogen-bond acceptors (Lipinski definition) is 15. The number of esters is 2. The number of carbonyl (C=O) groups excluding carboxylic acids is 2. The SMILES string of the molecule is CCC(C)C(=O)OCC(O)COc1ccc2c(c1)OCO2.CCC(C)C1CCC(C(=O)Oc2ccc3c(c2)OCO3)C(O)C1.CCC(C)c1ccc2c(c1)OC(C)(C)O2.CCC(C)c1ccc2c(c1)OCO2. The van der Waals surface area contributed by atoms with Gasteiger partial charge < -0.3 is 62.3 Å². The van der Waals surface area contributed by atoms with E-state index in [1.807, 2.05) is 32.9 Å². The topological polar surface area (TPSA) is 176 Å². The highest BCUT2D eigenvalue weighted by Gasteiger charge is 2.37. The van der Waals surface area contributed by atoms with Crippen molar-refractivity contribution in [3.8, 4) is 57.5 Å². The second-order valence-electron chi connectivity index (χ2n) is 19.5. The predicted molar refractivity (Wildman–Crippen MR) is 271 cm³/mol. The smallest absolute Gasteiger partial charge is 0.316 e. The first-order valence-electron chi connectivity index (χ1n) is 25.6. The Morgan fingerprint density at radius 2 is 1.11 bits per heavy atom. The van der Waals surface area contributed by atoms with Gasteiger partial charge in [0.1, 0.15) is 30.8 Å². The van der Waals surface area contributed by atoms with Crippen LogP contribution < -0.4 is 47.4 Å². The van der Waals surface area contributed by atoms with Crippen LogP contribution in [0.25, 0.3) is 0 Å². The van der Waals surface area contributed by atoms with Crippen molar-refractivity contribution in [3.63, 3.8) is 0 Å². The minimum absolute atomic E-state index is 0.0351. The molecule has 0 spiro atoms. The van der Waals surface area contributed by atoms with Crippen LogP contribution in [0.5, 0.6) is 57.5 Å². The fourth-order valence-corrected chi connectivity index (χ4v) is 8.37. The number of aliphatic hydroxyl groups is 2. The highest BCUT2D eigenvalue weighted by molar-refractivity contribution is 5.76. The zero-order chi connectivity index (χ0) is 52.0. The monoisotopic (exact) mass is 1000 g/mol. The van der Waals surface area contributed by atoms with Gasteiger partial charge in [0.2, 0.25) is 26.2 Å². The number of fused-ring (bicyclic) bond motifs is 4. The highest BCUT2D eigenvalue weighted by Crippen LogP contribution is 2.42. The first-order valence-corrected chi connectivity index (χ1v) is 25.6. The van der Waals surface area contributed by atoms with E-state index in [0.717, 1.165) is 48.7 Å². The van der Waals surface area contributed by atoms with Gasteiger partial charge in [-0.25, -0.2) is 0 Å². The fraction of sp³-hybridized carbons (Fsp3) is 0.544. The Morgan fingerprint density at radius 1 is 0.611 bits per heavy atom. The molecule has 8 atom stereocenters. The fourth-order valence-electron chi connectivity index (χ4n) is 8.37. The van der Waals surface area contributed by atoms with Crippen molar-refractivity contribution >= 4 is 11.9 Å². The third-order valence-electron chi connectivity index (χ3n) is 13.8. The summed E-state index contributed by atoms with van der Waals surface area (Å²) in [6.07, 6.45) is 4.94. The van der Waals surface area contributed by atoms with Crippen LogP contribution in [0.2, 0.25) is 0 Å². The van der Waals surface area contributed by atoms with Gasteiger partial charge in [-0.2, -0.15) is 0 Å². The Morgan fingerprint density at radius 3 is 1.67 bits per heavy atom. The van der Waals surface area contributed by atoms with E-state index in [1.165, 1.54) is 11.1 Å². The minimum Gasteiger partial charge on any atom is -0.491 e. The Bertz CT molecular complexity index is 2380. The number of ether oxygens (including phenoxy) is 11. The lowest BCUT2D eigenvalue weighted by molar-refractivity contribution is -0.151. The summed E-state index contributed by atoms with van der Waals surface area (Å²) in [7, 11) is 0. The van der Waals surface area contributed by atoms with Crippen molar-refractivity contribution < 1.29 is 71.9 Å². The zero-order valence-corrected chi connectivity index (χ0v) is 43.7. The largest absolute Gasteiger partial charge is 0.491 e. The molecular formula is C57H76O15. The third kappa shape index (κ3) is 15.2. The van der Waals surface area contributed by atoms with Gasteiger partial charge in [-0.3, -0.25) is 9.59 Å². The Kier molecular flexibility index (Phi) is 20.0. The quantitative estimate of drug-likeness (QED) is 0.0849. The van der Waals surface area contributed by atoms with Gasteiger partial charge in [-0.1, -0.05) is 73.9 Å². The molecule has 0 radical (unpaired) electrons. The predicted octanol–water partition coefficient (Wildman–Crippen LogP) is 11.5. The van der Waals surface area contributed by atoms with Gasteiger partial charge >= 0.3 is 11.9 Å². The maximum absolute atomic E-state index is 12.4. The van der Waals surface area contributed by atoms with Gasteiger partial charge in [-0.05, 0) is 122 Å². The van der Waals surface area contributed by atoms with E-state index < -0.39 is 23.9 Å². The molecule has 4 aromatic rings. The summed E-state index contributed by atoms with van der Waals surface area (Å²) in [4.78, 5) is 23.8. The van der Waals surface area contributed by atoms with Gasteiger partial charge in [0.25, 0.3) is 0 Å². The lowest BCUT2D eigenvalue weighted by atomic mass is 9.74. The first kappa shape index (κ1) is 55.3. The number of carbonyl (C=O) groups is 2. The molecule has 0 saturated heterocycles. The second-order valence-corrected chi connectivity index (χ2v) is 19.5. The molecule has 1 saturated carbocycles. The summed E-state index contributed by atoms with van der Waals surface area (Å²) >= 11 is 0. The summed E-state index contributed by atoms with van der Waals surface area (Å²) < 4.78 is 58.7. The molecule has 8 unspecified atom stereocenters. The molecule has 4 heterocycles. The van der Waals surface area contributed by atoms with Crippen molar-refractivity contribution in [1.29, 1.82) is 0 Å².